The number of allylic oxidation sites excluding steroid dienone is 6. The minimum absolute atomic E-state index is 0.0576. The summed E-state index contributed by atoms with van der Waals surface area (Å²) >= 11 is 3.55. The van der Waals surface area contributed by atoms with Crippen LogP contribution in [0.15, 0.2) is 103 Å². The van der Waals surface area contributed by atoms with Crippen molar-refractivity contribution in [3.05, 3.63) is 94.7 Å². The summed E-state index contributed by atoms with van der Waals surface area (Å²) in [6.45, 7) is 14.0. The molecule has 2 aromatic carbocycles. The van der Waals surface area contributed by atoms with Gasteiger partial charge in [0.25, 0.3) is 10.1 Å². The first-order chi connectivity index (χ1) is 33.5. The van der Waals surface area contributed by atoms with E-state index < -0.39 is 31.1 Å². The lowest BCUT2D eigenvalue weighted by atomic mass is 9.81. The molecule has 4 aliphatic heterocycles. The van der Waals surface area contributed by atoms with Crippen LogP contribution in [0.2, 0.25) is 0 Å². The number of hydrogen-bond acceptors (Lipinski definition) is 12. The minimum atomic E-state index is -4.67. The minimum Gasteiger partial charge on any atom is -0.744 e. The molecule has 0 radical (unpaired) electrons. The number of benzene rings is 2. The molecule has 3 N–H and O–H groups in total. The normalized spacial score (nSPS) is 23.7. The number of thioether (sulfide) groups is 2. The topological polar surface area (TPSA) is 187 Å². The maximum Gasteiger partial charge on any atom is 0.294 e. The monoisotopic (exact) mass is 1050 g/mol. The van der Waals surface area contributed by atoms with Crippen molar-refractivity contribution in [1.29, 1.82) is 0 Å². The van der Waals surface area contributed by atoms with Gasteiger partial charge in [-0.3, -0.25) is 19.3 Å². The van der Waals surface area contributed by atoms with E-state index in [9.17, 15) is 30.7 Å². The number of rotatable bonds is 16. The van der Waals surface area contributed by atoms with Gasteiger partial charge in [-0.2, -0.15) is 13.0 Å². The third kappa shape index (κ3) is 12.3. The van der Waals surface area contributed by atoms with Gasteiger partial charge in [0.05, 0.1) is 26.8 Å². The van der Waals surface area contributed by atoms with Crippen molar-refractivity contribution in [2.75, 3.05) is 30.8 Å². The highest BCUT2D eigenvalue weighted by Gasteiger charge is 2.44. The number of nitrogens with zero attached hydrogens (tertiary/aromatic N) is 5. The molecule has 2 saturated carbocycles. The Morgan fingerprint density at radius 3 is 2.31 bits per heavy atom. The number of carbonyl (C=O) groups excluding carboxylic acids is 1. The third-order valence-electron chi connectivity index (χ3n) is 14.9. The van der Waals surface area contributed by atoms with E-state index >= 15 is 0 Å². The SMILES string of the molecule is C[N+]1=C(/C=C/C=C/C=C2/N(CCCCCC(=O)NC3CCC(N=C(NC4CCCCC4)SCC4=CSC5=NC(C)(C)CN45)CC3)c3ccc(S(=O)(=O)[O-])cc3C2(C)C)C(C)(C)c2cc(S(=O)(=O)O)ccc21. The molecule has 4 heterocycles. The lowest BCUT2D eigenvalue weighted by Crippen LogP contribution is -2.39. The van der Waals surface area contributed by atoms with Crippen molar-refractivity contribution in [3.8, 4) is 0 Å². The lowest BCUT2D eigenvalue weighted by molar-refractivity contribution is -0.401. The fourth-order valence-corrected chi connectivity index (χ4v) is 14.2. The molecule has 71 heavy (non-hydrogen) atoms. The number of hydrogen-bond donors (Lipinski definition) is 3. The zero-order valence-electron chi connectivity index (χ0n) is 42.2. The highest BCUT2D eigenvalue weighted by Crippen LogP contribution is 2.49. The zero-order chi connectivity index (χ0) is 50.9. The second-order valence-electron chi connectivity index (χ2n) is 21.5. The van der Waals surface area contributed by atoms with Gasteiger partial charge in [-0.15, -0.1) is 0 Å². The molecule has 0 aromatic heterocycles. The van der Waals surface area contributed by atoms with Crippen molar-refractivity contribution < 1.29 is 35.3 Å². The van der Waals surface area contributed by atoms with Crippen molar-refractivity contribution in [2.45, 2.75) is 169 Å². The Bertz CT molecular complexity index is 2830. The molecule has 18 heteroatoms. The number of aliphatic imine (C=N–C) groups is 2. The highest BCUT2D eigenvalue weighted by atomic mass is 32.2. The van der Waals surface area contributed by atoms with Crippen molar-refractivity contribution >= 4 is 77.1 Å². The lowest BCUT2D eigenvalue weighted by Gasteiger charge is -2.29. The highest BCUT2D eigenvalue weighted by molar-refractivity contribution is 8.17. The van der Waals surface area contributed by atoms with E-state index in [1.54, 1.807) is 23.9 Å². The van der Waals surface area contributed by atoms with Gasteiger partial charge in [0.2, 0.25) is 11.6 Å². The van der Waals surface area contributed by atoms with Crippen LogP contribution in [-0.4, -0.2) is 107 Å². The third-order valence-corrected chi connectivity index (χ3v) is 18.5. The van der Waals surface area contributed by atoms with Gasteiger partial charge in [0.1, 0.15) is 17.2 Å². The predicted octanol–water partition coefficient (Wildman–Crippen LogP) is 9.68. The first-order valence-corrected chi connectivity index (χ1v) is 29.9. The molecule has 2 aliphatic carbocycles. The summed E-state index contributed by atoms with van der Waals surface area (Å²) in [5.74, 6) is 0.945. The fraction of sp³-hybridized carbons (Fsp3) is 0.547. The first kappa shape index (κ1) is 53.1. The average Bonchev–Trinajstić information content (AvgIpc) is 3.95. The van der Waals surface area contributed by atoms with Gasteiger partial charge < -0.3 is 25.0 Å². The van der Waals surface area contributed by atoms with Crippen LogP contribution < -0.4 is 15.5 Å². The smallest absolute Gasteiger partial charge is 0.294 e. The van der Waals surface area contributed by atoms with Crippen LogP contribution in [0.1, 0.15) is 136 Å². The largest absolute Gasteiger partial charge is 0.744 e. The van der Waals surface area contributed by atoms with E-state index in [1.807, 2.05) is 81.5 Å². The van der Waals surface area contributed by atoms with Gasteiger partial charge >= 0.3 is 0 Å². The Morgan fingerprint density at radius 2 is 1.59 bits per heavy atom. The fourth-order valence-electron chi connectivity index (χ4n) is 11.0. The second-order valence-corrected chi connectivity index (χ2v) is 26.1. The molecule has 0 spiro atoms. The molecule has 0 bridgehead atoms. The number of unbranched alkanes of at least 4 members (excludes halogenated alkanes) is 2. The van der Waals surface area contributed by atoms with Crippen LogP contribution in [0.5, 0.6) is 0 Å². The van der Waals surface area contributed by atoms with Crippen molar-refractivity contribution in [2.24, 2.45) is 9.98 Å². The molecule has 2 aromatic rings. The number of fused-ring (bicyclic) bond motifs is 3. The van der Waals surface area contributed by atoms with Crippen molar-refractivity contribution in [1.82, 2.24) is 15.5 Å². The van der Waals surface area contributed by atoms with Crippen LogP contribution in [0.25, 0.3) is 0 Å². The van der Waals surface area contributed by atoms with E-state index in [4.69, 9.17) is 9.98 Å². The Morgan fingerprint density at radius 1 is 0.887 bits per heavy atom. The van der Waals surface area contributed by atoms with Gasteiger partial charge in [0.15, 0.2) is 16.0 Å². The standard InChI is InChI=1S/C53H71N7O7S4/c1-51(2)35-60-39(34-69-50(60)57-51)33-68-49(55-36-17-11-8-12-18-36)56-38-24-22-37(23-25-38)54-48(61)21-15-10-16-30-59-45-29-27-41(71(65,66)67)32-43(45)53(5,6)47(59)20-14-9-13-19-46-52(3,4)42-31-40(70(62,63)64)26-28-44(42)58(46)7/h9,13-14,19-20,26-29,31-32,34,36-38H,8,10-12,15-18,21-25,30,33,35H2,1-7H3,(H3-,54,55,56,61,62,63,64,65,66,67). The molecule has 384 valence electrons. The van der Waals surface area contributed by atoms with Gasteiger partial charge in [-0.05, 0) is 126 Å². The first-order valence-electron chi connectivity index (χ1n) is 25.2. The Kier molecular flexibility index (Phi) is 16.0. The summed E-state index contributed by atoms with van der Waals surface area (Å²) in [6.07, 6.45) is 22.5. The van der Waals surface area contributed by atoms with E-state index in [2.05, 4.69) is 39.7 Å². The van der Waals surface area contributed by atoms with Crippen LogP contribution in [0, 0.1) is 0 Å². The predicted molar refractivity (Wildman–Crippen MR) is 288 cm³/mol. The summed E-state index contributed by atoms with van der Waals surface area (Å²) in [5, 5.41) is 11.6. The van der Waals surface area contributed by atoms with Crippen LogP contribution in [0.3, 0.4) is 0 Å². The molecule has 1 amide bonds. The number of nitrogens with one attached hydrogen (secondary N) is 2. The number of amides is 1. The summed E-state index contributed by atoms with van der Waals surface area (Å²) in [4.78, 5) is 27.6. The molecule has 8 rings (SSSR count). The number of anilines is 1. The van der Waals surface area contributed by atoms with E-state index in [1.165, 1.54) is 62.1 Å². The van der Waals surface area contributed by atoms with Crippen LogP contribution >= 0.6 is 23.5 Å². The molecule has 2 fully saturated rings. The Balaban J connectivity index is 0.843. The van der Waals surface area contributed by atoms with E-state index in [0.29, 0.717) is 19.0 Å². The van der Waals surface area contributed by atoms with Gasteiger partial charge in [0, 0.05) is 77.5 Å². The maximum atomic E-state index is 13.3. The zero-order valence-corrected chi connectivity index (χ0v) is 45.5. The quantitative estimate of drug-likeness (QED) is 0.0362. The molecule has 14 nitrogen and oxygen atoms in total. The van der Waals surface area contributed by atoms with Crippen LogP contribution in [-0.2, 0) is 35.9 Å². The summed E-state index contributed by atoms with van der Waals surface area (Å²) in [6, 6.07) is 10.1. The van der Waals surface area contributed by atoms with Gasteiger partial charge in [-0.1, -0.05) is 81.3 Å². The number of amidine groups is 2. The Hall–Kier alpha value is -4.20. The average molecular weight is 1050 g/mol. The second kappa shape index (κ2) is 21.3. The summed E-state index contributed by atoms with van der Waals surface area (Å²) in [7, 11) is -7.10. The summed E-state index contributed by atoms with van der Waals surface area (Å²) in [5.41, 5.74) is 5.24. The molecule has 0 saturated heterocycles. The van der Waals surface area contributed by atoms with Crippen LogP contribution in [0.4, 0.5) is 11.4 Å². The molecule has 6 aliphatic rings. The number of carbonyl (C=O) groups is 1. The molecule has 0 unspecified atom stereocenters. The Labute approximate surface area is 430 Å². The molecule has 0 atom stereocenters. The molecular weight excluding hydrogens is 975 g/mol. The van der Waals surface area contributed by atoms with E-state index in [-0.39, 0.29) is 33.3 Å². The van der Waals surface area contributed by atoms with E-state index in [0.717, 1.165) is 101 Å². The summed E-state index contributed by atoms with van der Waals surface area (Å²) < 4.78 is 71.8. The maximum absolute atomic E-state index is 13.3. The van der Waals surface area contributed by atoms with Crippen molar-refractivity contribution in [3.63, 3.8) is 0 Å². The van der Waals surface area contributed by atoms with Gasteiger partial charge in [-0.25, -0.2) is 8.42 Å². The molecular formula is C53H71N7O7S4.